The molecule has 124 valence electrons. The lowest BCUT2D eigenvalue weighted by Crippen LogP contribution is -2.44. The van der Waals surface area contributed by atoms with E-state index in [0.717, 1.165) is 30.6 Å². The Morgan fingerprint density at radius 2 is 2.08 bits per heavy atom. The van der Waals surface area contributed by atoms with E-state index in [1.165, 1.54) is 18.3 Å². The number of rotatable bonds is 4. The van der Waals surface area contributed by atoms with Crippen LogP contribution < -0.4 is 10.9 Å². The topological polar surface area (TPSA) is 87.7 Å². The van der Waals surface area contributed by atoms with Gasteiger partial charge in [0.1, 0.15) is 5.82 Å². The minimum absolute atomic E-state index is 0.00116. The molecule has 2 aliphatic rings. The Bertz CT molecular complexity index is 840. The van der Waals surface area contributed by atoms with Crippen molar-refractivity contribution in [2.75, 3.05) is 0 Å². The predicted octanol–water partition coefficient (Wildman–Crippen LogP) is 1.86. The molecule has 1 amide bonds. The van der Waals surface area contributed by atoms with Crippen LogP contribution in [0.25, 0.3) is 0 Å². The minimum atomic E-state index is -0.629. The summed E-state index contributed by atoms with van der Waals surface area (Å²) in [6.45, 7) is 0. The van der Waals surface area contributed by atoms with Gasteiger partial charge in [0.2, 0.25) is 0 Å². The Labute approximate surface area is 137 Å². The number of carbonyl (C=O) groups is 1. The summed E-state index contributed by atoms with van der Waals surface area (Å²) in [5.41, 5.74) is 0.674. The first-order chi connectivity index (χ1) is 11.6. The predicted molar refractivity (Wildman–Crippen MR) is 84.3 cm³/mol. The van der Waals surface area contributed by atoms with Crippen LogP contribution in [0.3, 0.4) is 0 Å². The summed E-state index contributed by atoms with van der Waals surface area (Å²) in [4.78, 5) is 34.8. The van der Waals surface area contributed by atoms with Gasteiger partial charge in [-0.2, -0.15) is 0 Å². The van der Waals surface area contributed by atoms with E-state index in [9.17, 15) is 14.0 Å². The third-order valence-electron chi connectivity index (χ3n) is 4.65. The summed E-state index contributed by atoms with van der Waals surface area (Å²) in [6, 6.07) is 2.87. The molecular weight excluding hydrogens is 311 g/mol. The second-order valence-electron chi connectivity index (χ2n) is 6.52. The Hall–Kier alpha value is -2.57. The van der Waals surface area contributed by atoms with Crippen LogP contribution in [0, 0.1) is 5.82 Å². The van der Waals surface area contributed by atoms with Gasteiger partial charge in [0.25, 0.3) is 11.5 Å². The number of nitrogens with zero attached hydrogens (tertiary/aromatic N) is 2. The highest BCUT2D eigenvalue weighted by molar-refractivity contribution is 5.94. The Morgan fingerprint density at radius 1 is 1.29 bits per heavy atom. The zero-order chi connectivity index (χ0) is 16.7. The molecular formula is C17H17FN4O2. The van der Waals surface area contributed by atoms with Crippen molar-refractivity contribution < 1.29 is 9.18 Å². The summed E-state index contributed by atoms with van der Waals surface area (Å²) in [6.07, 6.45) is 5.98. The van der Waals surface area contributed by atoms with Gasteiger partial charge >= 0.3 is 0 Å². The van der Waals surface area contributed by atoms with Crippen LogP contribution in [0.4, 0.5) is 4.39 Å². The van der Waals surface area contributed by atoms with Gasteiger partial charge in [-0.3, -0.25) is 14.6 Å². The van der Waals surface area contributed by atoms with Gasteiger partial charge in [-0.05, 0) is 31.7 Å². The van der Waals surface area contributed by atoms with Gasteiger partial charge in [-0.1, -0.05) is 0 Å². The molecule has 2 N–H and O–H groups in total. The molecule has 2 heterocycles. The molecule has 2 aromatic heterocycles. The van der Waals surface area contributed by atoms with Crippen LogP contribution in [0.2, 0.25) is 0 Å². The highest BCUT2D eigenvalue weighted by Gasteiger charge is 2.34. The Morgan fingerprint density at radius 3 is 2.79 bits per heavy atom. The average molecular weight is 328 g/mol. The molecule has 0 aliphatic heterocycles. The quantitative estimate of drug-likeness (QED) is 0.897. The van der Waals surface area contributed by atoms with Crippen molar-refractivity contribution in [3.63, 3.8) is 0 Å². The van der Waals surface area contributed by atoms with Crippen molar-refractivity contribution in [2.24, 2.45) is 0 Å². The van der Waals surface area contributed by atoms with Gasteiger partial charge in [0.15, 0.2) is 5.82 Å². The number of amides is 1. The first-order valence-electron chi connectivity index (χ1n) is 8.11. The maximum Gasteiger partial charge on any atom is 0.254 e. The molecule has 24 heavy (non-hydrogen) atoms. The fourth-order valence-electron chi connectivity index (χ4n) is 3.05. The van der Waals surface area contributed by atoms with Gasteiger partial charge in [0.05, 0.1) is 17.5 Å². The molecule has 0 unspecified atom stereocenters. The lowest BCUT2D eigenvalue weighted by atomic mass is 9.78. The van der Waals surface area contributed by atoms with E-state index >= 15 is 0 Å². The molecule has 0 atom stereocenters. The molecule has 0 aromatic carbocycles. The van der Waals surface area contributed by atoms with Gasteiger partial charge in [-0.15, -0.1) is 0 Å². The maximum atomic E-state index is 13.6. The van der Waals surface area contributed by atoms with Crippen molar-refractivity contribution in [1.82, 2.24) is 20.3 Å². The summed E-state index contributed by atoms with van der Waals surface area (Å²) in [7, 11) is 0. The van der Waals surface area contributed by atoms with Crippen LogP contribution in [0.15, 0.2) is 29.3 Å². The average Bonchev–Trinajstić information content (AvgIpc) is 3.35. The lowest BCUT2D eigenvalue weighted by molar-refractivity contribution is 0.0904. The molecule has 7 heteroatoms. The van der Waals surface area contributed by atoms with Crippen LogP contribution in [0.1, 0.15) is 59.4 Å². The maximum absolute atomic E-state index is 13.6. The summed E-state index contributed by atoms with van der Waals surface area (Å²) in [5, 5.41) is 2.82. The molecule has 0 spiro atoms. The zero-order valence-electron chi connectivity index (χ0n) is 13.0. The second kappa shape index (κ2) is 5.81. The van der Waals surface area contributed by atoms with Crippen LogP contribution >= 0.6 is 0 Å². The van der Waals surface area contributed by atoms with Crippen LogP contribution in [-0.4, -0.2) is 26.9 Å². The van der Waals surface area contributed by atoms with Gasteiger partial charge in [0, 0.05) is 30.1 Å². The molecule has 2 aromatic rings. The van der Waals surface area contributed by atoms with Crippen LogP contribution in [0.5, 0.6) is 0 Å². The number of pyridine rings is 1. The van der Waals surface area contributed by atoms with E-state index < -0.39 is 11.7 Å². The van der Waals surface area contributed by atoms with Crippen molar-refractivity contribution in [1.29, 1.82) is 0 Å². The van der Waals surface area contributed by atoms with Gasteiger partial charge in [-0.25, -0.2) is 9.37 Å². The Kier molecular flexibility index (Phi) is 3.63. The van der Waals surface area contributed by atoms with E-state index in [1.807, 2.05) is 0 Å². The number of halogens is 1. The summed E-state index contributed by atoms with van der Waals surface area (Å²) < 4.78 is 13.6. The number of hydrogen-bond acceptors (Lipinski definition) is 4. The SMILES string of the molecule is O=C(NC1CC(c2cc(=O)[nH]c(C3CC3)n2)C1)c1ccncc1F. The smallest absolute Gasteiger partial charge is 0.254 e. The van der Waals surface area contributed by atoms with Crippen molar-refractivity contribution in [2.45, 2.75) is 43.6 Å². The van der Waals surface area contributed by atoms with Gasteiger partial charge < -0.3 is 10.3 Å². The molecule has 2 aliphatic carbocycles. The van der Waals surface area contributed by atoms with E-state index in [4.69, 9.17) is 0 Å². The number of hydrogen-bond donors (Lipinski definition) is 2. The zero-order valence-corrected chi connectivity index (χ0v) is 13.0. The van der Waals surface area contributed by atoms with E-state index in [0.29, 0.717) is 18.8 Å². The number of carbonyl (C=O) groups excluding carboxylic acids is 1. The molecule has 2 fully saturated rings. The highest BCUT2D eigenvalue weighted by Crippen LogP contribution is 2.40. The first-order valence-corrected chi connectivity index (χ1v) is 8.11. The number of aromatic nitrogens is 3. The van der Waals surface area contributed by atoms with Crippen molar-refractivity contribution in [3.05, 3.63) is 57.8 Å². The minimum Gasteiger partial charge on any atom is -0.349 e. The molecule has 4 rings (SSSR count). The third-order valence-corrected chi connectivity index (χ3v) is 4.65. The van der Waals surface area contributed by atoms with Crippen molar-refractivity contribution >= 4 is 5.91 Å². The number of aromatic amines is 1. The molecule has 0 radical (unpaired) electrons. The van der Waals surface area contributed by atoms with Crippen LogP contribution in [-0.2, 0) is 0 Å². The summed E-state index contributed by atoms with van der Waals surface area (Å²) in [5.74, 6) is 0.274. The highest BCUT2D eigenvalue weighted by atomic mass is 19.1. The second-order valence-corrected chi connectivity index (χ2v) is 6.52. The lowest BCUT2D eigenvalue weighted by Gasteiger charge is -2.35. The summed E-state index contributed by atoms with van der Waals surface area (Å²) >= 11 is 0. The largest absolute Gasteiger partial charge is 0.349 e. The fraction of sp³-hybridized carbons (Fsp3) is 0.412. The molecule has 0 bridgehead atoms. The van der Waals surface area contributed by atoms with Crippen molar-refractivity contribution in [3.8, 4) is 0 Å². The fourth-order valence-corrected chi connectivity index (χ4v) is 3.05. The molecule has 2 saturated carbocycles. The molecule has 0 saturated heterocycles. The van der Waals surface area contributed by atoms with E-state index in [-0.39, 0.29) is 23.1 Å². The van der Waals surface area contributed by atoms with E-state index in [2.05, 4.69) is 20.3 Å². The molecule has 6 nitrogen and oxygen atoms in total. The first kappa shape index (κ1) is 15.0. The Balaban J connectivity index is 1.39. The number of nitrogens with one attached hydrogen (secondary N) is 2. The third kappa shape index (κ3) is 2.93. The normalized spacial score (nSPS) is 22.7. The standard InChI is InChI=1S/C17H17FN4O2/c18-13-8-19-4-3-12(13)17(24)20-11-5-10(6-11)14-7-15(23)22-16(21-14)9-1-2-9/h3-4,7-11H,1-2,5-6H2,(H,20,24)(H,21,22,23). The van der Waals surface area contributed by atoms with E-state index in [1.54, 1.807) is 0 Å². The number of H-pyrrole nitrogens is 1. The monoisotopic (exact) mass is 328 g/mol.